The minimum absolute atomic E-state index is 0.139. The van der Waals surface area contributed by atoms with E-state index in [2.05, 4.69) is 5.32 Å². The summed E-state index contributed by atoms with van der Waals surface area (Å²) in [7, 11) is 1.58. The molecule has 142 valence electrons. The van der Waals surface area contributed by atoms with E-state index in [1.54, 1.807) is 38.3 Å². The number of ketones is 1. The van der Waals surface area contributed by atoms with E-state index < -0.39 is 4.92 Å². The molecule has 28 heavy (non-hydrogen) atoms. The molecule has 0 heterocycles. The monoisotopic (exact) mass is 396 g/mol. The van der Waals surface area contributed by atoms with Gasteiger partial charge in [-0.05, 0) is 42.8 Å². The van der Waals surface area contributed by atoms with Crippen LogP contribution >= 0.6 is 11.6 Å². The van der Waals surface area contributed by atoms with Gasteiger partial charge in [-0.2, -0.15) is 0 Å². The van der Waals surface area contributed by atoms with Crippen molar-refractivity contribution in [3.05, 3.63) is 92.5 Å². The van der Waals surface area contributed by atoms with Crippen LogP contribution in [-0.2, 0) is 0 Å². The number of aryl methyl sites for hydroxylation is 1. The highest BCUT2D eigenvalue weighted by Crippen LogP contribution is 2.30. The highest BCUT2D eigenvalue weighted by molar-refractivity contribution is 6.35. The minimum atomic E-state index is -0.530. The van der Waals surface area contributed by atoms with Gasteiger partial charge in [-0.15, -0.1) is 0 Å². The number of rotatable bonds is 6. The van der Waals surface area contributed by atoms with Crippen LogP contribution in [0.1, 0.15) is 21.5 Å². The predicted octanol–water partition coefficient (Wildman–Crippen LogP) is 5.54. The van der Waals surface area contributed by atoms with Gasteiger partial charge in [-0.1, -0.05) is 29.8 Å². The predicted molar refractivity (Wildman–Crippen MR) is 109 cm³/mol. The van der Waals surface area contributed by atoms with Crippen molar-refractivity contribution < 1.29 is 14.5 Å². The number of nitrogens with one attached hydrogen (secondary N) is 1. The van der Waals surface area contributed by atoms with Gasteiger partial charge in [-0.3, -0.25) is 14.9 Å². The molecule has 0 bridgehead atoms. The van der Waals surface area contributed by atoms with E-state index in [-0.39, 0.29) is 27.6 Å². The van der Waals surface area contributed by atoms with Crippen molar-refractivity contribution in [2.75, 3.05) is 12.4 Å². The second-order valence-corrected chi connectivity index (χ2v) is 6.51. The molecule has 7 heteroatoms. The Bertz CT molecular complexity index is 1070. The maximum Gasteiger partial charge on any atom is 0.270 e. The van der Waals surface area contributed by atoms with Crippen LogP contribution in [0.3, 0.4) is 0 Å². The quantitative estimate of drug-likeness (QED) is 0.336. The summed E-state index contributed by atoms with van der Waals surface area (Å²) < 4.78 is 5.31. The number of carbonyl (C=O) groups excluding carboxylic acids is 1. The molecule has 6 nitrogen and oxygen atoms in total. The van der Waals surface area contributed by atoms with Crippen molar-refractivity contribution in [2.24, 2.45) is 0 Å². The Labute approximate surface area is 166 Å². The Morgan fingerprint density at radius 2 is 1.82 bits per heavy atom. The van der Waals surface area contributed by atoms with Crippen LogP contribution in [0, 0.1) is 17.0 Å². The Hall–Kier alpha value is -3.38. The zero-order chi connectivity index (χ0) is 20.3. The van der Waals surface area contributed by atoms with Gasteiger partial charge in [0.05, 0.1) is 22.7 Å². The summed E-state index contributed by atoms with van der Waals surface area (Å²) >= 11 is 6.34. The first kappa shape index (κ1) is 19.4. The van der Waals surface area contributed by atoms with Gasteiger partial charge in [0.1, 0.15) is 5.75 Å². The highest BCUT2D eigenvalue weighted by atomic mass is 35.5. The molecule has 3 rings (SSSR count). The van der Waals surface area contributed by atoms with Gasteiger partial charge in [0.25, 0.3) is 5.69 Å². The molecule has 0 radical (unpaired) electrons. The summed E-state index contributed by atoms with van der Waals surface area (Å²) in [6.07, 6.45) is 0. The van der Waals surface area contributed by atoms with E-state index >= 15 is 0 Å². The number of nitrogens with zero attached hydrogens (tertiary/aromatic N) is 1. The lowest BCUT2D eigenvalue weighted by Gasteiger charge is -2.12. The second-order valence-electron chi connectivity index (χ2n) is 6.11. The lowest BCUT2D eigenvalue weighted by Crippen LogP contribution is -2.06. The van der Waals surface area contributed by atoms with Crippen molar-refractivity contribution in [1.29, 1.82) is 0 Å². The smallest absolute Gasteiger partial charge is 0.270 e. The minimum Gasteiger partial charge on any atom is -0.495 e. The van der Waals surface area contributed by atoms with Crippen molar-refractivity contribution >= 4 is 34.4 Å². The summed E-state index contributed by atoms with van der Waals surface area (Å²) in [4.78, 5) is 23.4. The van der Waals surface area contributed by atoms with Crippen molar-refractivity contribution in [3.63, 3.8) is 0 Å². The van der Waals surface area contributed by atoms with Crippen LogP contribution in [0.2, 0.25) is 5.02 Å². The zero-order valence-corrected chi connectivity index (χ0v) is 16.0. The van der Waals surface area contributed by atoms with Gasteiger partial charge in [0.2, 0.25) is 0 Å². The molecule has 0 saturated carbocycles. The fourth-order valence-corrected chi connectivity index (χ4v) is 3.06. The fraction of sp³-hybridized carbons (Fsp3) is 0.0952. The third-order valence-corrected chi connectivity index (χ3v) is 4.59. The number of carbonyl (C=O) groups is 1. The number of ether oxygens (including phenoxy) is 1. The molecule has 3 aromatic rings. The van der Waals surface area contributed by atoms with E-state index in [0.717, 1.165) is 5.69 Å². The number of nitro benzene ring substituents is 1. The molecule has 0 aromatic heterocycles. The van der Waals surface area contributed by atoms with E-state index in [1.807, 2.05) is 24.3 Å². The first-order valence-electron chi connectivity index (χ1n) is 8.40. The number of non-ortho nitro benzene ring substituents is 1. The first-order chi connectivity index (χ1) is 13.4. The number of hydrogen-bond acceptors (Lipinski definition) is 5. The molecule has 1 N–H and O–H groups in total. The van der Waals surface area contributed by atoms with Crippen molar-refractivity contribution in [1.82, 2.24) is 0 Å². The zero-order valence-electron chi connectivity index (χ0n) is 15.2. The largest absolute Gasteiger partial charge is 0.495 e. The maximum atomic E-state index is 12.9. The van der Waals surface area contributed by atoms with Crippen molar-refractivity contribution in [3.8, 4) is 5.75 Å². The van der Waals surface area contributed by atoms with Crippen molar-refractivity contribution in [2.45, 2.75) is 6.92 Å². The normalized spacial score (nSPS) is 10.4. The van der Waals surface area contributed by atoms with Crippen LogP contribution in [0.5, 0.6) is 5.75 Å². The average molecular weight is 397 g/mol. The highest BCUT2D eigenvalue weighted by Gasteiger charge is 2.19. The van der Waals surface area contributed by atoms with E-state index in [4.69, 9.17) is 16.3 Å². The molecule has 0 fully saturated rings. The molecule has 0 atom stereocenters. The first-order valence-corrected chi connectivity index (χ1v) is 8.78. The standard InChI is InChI=1S/C21H17ClN2O4/c1-13-7-9-15(24(26)27)12-17(13)21(25)16-10-8-14(11-18(16)22)23-19-5-3-4-6-20(19)28-2/h3-12,23H,1-2H3. The molecule has 0 unspecified atom stereocenters. The molecule has 0 aliphatic carbocycles. The van der Waals surface area contributed by atoms with Gasteiger partial charge in [-0.25, -0.2) is 0 Å². The van der Waals surface area contributed by atoms with Crippen LogP contribution in [0.4, 0.5) is 17.1 Å². The Kier molecular flexibility index (Phi) is 5.61. The molecule has 3 aromatic carbocycles. The average Bonchev–Trinajstić information content (AvgIpc) is 2.68. The van der Waals surface area contributed by atoms with Crippen LogP contribution < -0.4 is 10.1 Å². The number of anilines is 2. The third kappa shape index (κ3) is 3.97. The van der Waals surface area contributed by atoms with E-state index in [0.29, 0.717) is 17.0 Å². The van der Waals surface area contributed by atoms with Gasteiger partial charge >= 0.3 is 0 Å². The number of nitro groups is 1. The fourth-order valence-electron chi connectivity index (χ4n) is 2.79. The lowest BCUT2D eigenvalue weighted by atomic mass is 9.98. The molecular weight excluding hydrogens is 380 g/mol. The number of para-hydroxylation sites is 2. The Balaban J connectivity index is 1.91. The molecule has 0 aliphatic heterocycles. The summed E-state index contributed by atoms with van der Waals surface area (Å²) in [5, 5.41) is 14.5. The van der Waals surface area contributed by atoms with Crippen LogP contribution in [-0.4, -0.2) is 17.8 Å². The summed E-state index contributed by atoms with van der Waals surface area (Å²) in [5.41, 5.74) is 2.47. The van der Waals surface area contributed by atoms with E-state index in [9.17, 15) is 14.9 Å². The summed E-state index contributed by atoms with van der Waals surface area (Å²) in [6.45, 7) is 1.72. The number of methoxy groups -OCH3 is 1. The molecule has 0 saturated heterocycles. The maximum absolute atomic E-state index is 12.9. The SMILES string of the molecule is COc1ccccc1Nc1ccc(C(=O)c2cc([N+](=O)[O-])ccc2C)c(Cl)c1. The van der Waals surface area contributed by atoms with Crippen LogP contribution in [0.25, 0.3) is 0 Å². The van der Waals surface area contributed by atoms with E-state index in [1.165, 1.54) is 12.1 Å². The lowest BCUT2D eigenvalue weighted by molar-refractivity contribution is -0.384. The molecule has 0 spiro atoms. The molecule has 0 aliphatic rings. The Morgan fingerprint density at radius 1 is 1.07 bits per heavy atom. The van der Waals surface area contributed by atoms with Gasteiger partial charge < -0.3 is 10.1 Å². The topological polar surface area (TPSA) is 81.5 Å². The summed E-state index contributed by atoms with van der Waals surface area (Å²) in [5.74, 6) is 0.307. The Morgan fingerprint density at radius 3 is 2.50 bits per heavy atom. The molecule has 0 amide bonds. The third-order valence-electron chi connectivity index (χ3n) is 4.28. The number of halogens is 1. The van der Waals surface area contributed by atoms with Crippen LogP contribution in [0.15, 0.2) is 60.7 Å². The number of benzene rings is 3. The van der Waals surface area contributed by atoms with Gasteiger partial charge in [0.15, 0.2) is 5.78 Å². The molecular formula is C21H17ClN2O4. The summed E-state index contributed by atoms with van der Waals surface area (Å²) in [6, 6.07) is 16.6. The number of hydrogen-bond donors (Lipinski definition) is 1. The van der Waals surface area contributed by atoms with Gasteiger partial charge in [0, 0.05) is 28.9 Å². The second kappa shape index (κ2) is 8.10.